The Kier molecular flexibility index (Phi) is 3.41. The first-order valence-corrected chi connectivity index (χ1v) is 8.36. The highest BCUT2D eigenvalue weighted by atomic mass is 32.2. The van der Waals surface area contributed by atoms with Gasteiger partial charge < -0.3 is 5.73 Å². The minimum Gasteiger partial charge on any atom is -0.383 e. The molecule has 1 aliphatic rings. The molecule has 1 fully saturated rings. The van der Waals surface area contributed by atoms with Crippen molar-refractivity contribution in [3.8, 4) is 0 Å². The number of fused-ring (bicyclic) bond motifs is 1. The van der Waals surface area contributed by atoms with Crippen LogP contribution in [0, 0.1) is 13.8 Å². The van der Waals surface area contributed by atoms with E-state index >= 15 is 0 Å². The third kappa shape index (κ3) is 2.22. The summed E-state index contributed by atoms with van der Waals surface area (Å²) in [6, 6.07) is 0.285. The van der Waals surface area contributed by atoms with E-state index in [2.05, 4.69) is 30.8 Å². The van der Waals surface area contributed by atoms with Crippen LogP contribution in [0.15, 0.2) is 0 Å². The van der Waals surface area contributed by atoms with E-state index in [0.29, 0.717) is 5.82 Å². The maximum absolute atomic E-state index is 6.15. The van der Waals surface area contributed by atoms with Crippen molar-refractivity contribution in [2.45, 2.75) is 19.9 Å². The minimum absolute atomic E-state index is 0.285. The summed E-state index contributed by atoms with van der Waals surface area (Å²) in [5.74, 6) is 3.74. The molecule has 1 unspecified atom stereocenters. The Bertz CT molecular complexity index is 623. The zero-order valence-electron chi connectivity index (χ0n) is 11.4. The summed E-state index contributed by atoms with van der Waals surface area (Å²) in [5.41, 5.74) is 7.37. The number of hydrogen-bond donors (Lipinski definition) is 1. The van der Waals surface area contributed by atoms with E-state index in [1.165, 1.54) is 16.2 Å². The number of anilines is 1. The Morgan fingerprint density at radius 1 is 1.32 bits per heavy atom. The molecule has 0 bridgehead atoms. The zero-order valence-corrected chi connectivity index (χ0v) is 13.1. The fraction of sp³-hybridized carbons (Fsp3) is 0.538. The molecule has 2 aromatic rings. The van der Waals surface area contributed by atoms with Gasteiger partial charge in [-0.15, -0.1) is 11.3 Å². The number of aryl methyl sites for hydroxylation is 2. The molecule has 3 rings (SSSR count). The van der Waals surface area contributed by atoms with Crippen LogP contribution in [0.3, 0.4) is 0 Å². The van der Waals surface area contributed by atoms with Gasteiger partial charge in [0.05, 0.1) is 11.4 Å². The van der Waals surface area contributed by atoms with Crippen molar-refractivity contribution in [2.75, 3.05) is 30.8 Å². The van der Waals surface area contributed by atoms with Crippen LogP contribution in [-0.4, -0.2) is 40.0 Å². The fourth-order valence-corrected chi connectivity index (χ4v) is 4.66. The molecule has 4 nitrogen and oxygen atoms in total. The molecule has 102 valence electrons. The Hall–Kier alpha value is -0.850. The van der Waals surface area contributed by atoms with Gasteiger partial charge in [-0.2, -0.15) is 11.8 Å². The predicted octanol–water partition coefficient (Wildman–Crippen LogP) is 2.61. The quantitative estimate of drug-likeness (QED) is 0.876. The van der Waals surface area contributed by atoms with Gasteiger partial charge >= 0.3 is 0 Å². The van der Waals surface area contributed by atoms with Crippen LogP contribution in [0.4, 0.5) is 5.82 Å². The average molecular weight is 294 g/mol. The molecular formula is C13H18N4S2. The molecule has 1 aliphatic heterocycles. The van der Waals surface area contributed by atoms with Crippen molar-refractivity contribution in [2.24, 2.45) is 0 Å². The van der Waals surface area contributed by atoms with Gasteiger partial charge in [0.15, 0.2) is 0 Å². The van der Waals surface area contributed by atoms with Crippen molar-refractivity contribution in [3.05, 3.63) is 16.3 Å². The van der Waals surface area contributed by atoms with Crippen LogP contribution < -0.4 is 5.73 Å². The standard InChI is InChI=1S/C13H18N4S2/c1-7-8(2)19-13-10(7)11(14)15-12(16-13)9-6-18-5-4-17(9)3/h9H,4-6H2,1-3H3,(H2,14,15,16). The predicted molar refractivity (Wildman–Crippen MR) is 84.0 cm³/mol. The zero-order chi connectivity index (χ0) is 13.6. The molecule has 2 aromatic heterocycles. The summed E-state index contributed by atoms with van der Waals surface area (Å²) in [4.78, 5) is 14.0. The van der Waals surface area contributed by atoms with Crippen LogP contribution in [0.5, 0.6) is 0 Å². The minimum atomic E-state index is 0.285. The van der Waals surface area contributed by atoms with Crippen LogP contribution in [-0.2, 0) is 0 Å². The van der Waals surface area contributed by atoms with E-state index in [0.717, 1.165) is 28.3 Å². The van der Waals surface area contributed by atoms with Crippen molar-refractivity contribution in [1.29, 1.82) is 0 Å². The molecule has 2 N–H and O–H groups in total. The van der Waals surface area contributed by atoms with Gasteiger partial charge in [-0.05, 0) is 26.5 Å². The summed E-state index contributed by atoms with van der Waals surface area (Å²) in [6.07, 6.45) is 0. The Morgan fingerprint density at radius 2 is 2.11 bits per heavy atom. The second kappa shape index (κ2) is 4.92. The van der Waals surface area contributed by atoms with Gasteiger partial charge in [0.1, 0.15) is 16.5 Å². The number of nitrogens with zero attached hydrogens (tertiary/aromatic N) is 3. The first-order valence-electron chi connectivity index (χ1n) is 6.39. The summed E-state index contributed by atoms with van der Waals surface area (Å²) in [7, 11) is 2.14. The summed E-state index contributed by atoms with van der Waals surface area (Å²) in [6.45, 7) is 5.29. The second-order valence-electron chi connectivity index (χ2n) is 5.00. The first kappa shape index (κ1) is 13.1. The third-order valence-electron chi connectivity index (χ3n) is 3.77. The number of nitrogen functional groups attached to an aromatic ring is 1. The second-order valence-corrected chi connectivity index (χ2v) is 7.35. The van der Waals surface area contributed by atoms with Crippen molar-refractivity contribution >= 4 is 39.1 Å². The molecule has 1 atom stereocenters. The number of hydrogen-bond acceptors (Lipinski definition) is 6. The third-order valence-corrected chi connectivity index (χ3v) is 5.89. The van der Waals surface area contributed by atoms with E-state index in [4.69, 9.17) is 10.7 Å². The highest BCUT2D eigenvalue weighted by Crippen LogP contribution is 2.34. The van der Waals surface area contributed by atoms with E-state index in [1.807, 2.05) is 11.8 Å². The van der Waals surface area contributed by atoms with Gasteiger partial charge in [-0.3, -0.25) is 4.90 Å². The maximum atomic E-state index is 6.15. The topological polar surface area (TPSA) is 55.0 Å². The SMILES string of the molecule is Cc1sc2nc(C3CSCCN3C)nc(N)c2c1C. The molecule has 0 radical (unpaired) electrons. The van der Waals surface area contributed by atoms with E-state index < -0.39 is 0 Å². The number of rotatable bonds is 1. The Labute approximate surface area is 121 Å². The van der Waals surface area contributed by atoms with E-state index in [1.54, 1.807) is 11.3 Å². The largest absolute Gasteiger partial charge is 0.383 e. The number of thioether (sulfide) groups is 1. The van der Waals surface area contributed by atoms with Crippen molar-refractivity contribution < 1.29 is 0 Å². The Morgan fingerprint density at radius 3 is 2.84 bits per heavy atom. The van der Waals surface area contributed by atoms with Gasteiger partial charge in [0.25, 0.3) is 0 Å². The molecule has 3 heterocycles. The normalized spacial score (nSPS) is 21.1. The molecule has 0 aromatic carbocycles. The van der Waals surface area contributed by atoms with Crippen LogP contribution >= 0.6 is 23.1 Å². The van der Waals surface area contributed by atoms with Gasteiger partial charge in [-0.25, -0.2) is 9.97 Å². The summed E-state index contributed by atoms with van der Waals surface area (Å²) in [5, 5.41) is 1.04. The van der Waals surface area contributed by atoms with Gasteiger partial charge in [0.2, 0.25) is 0 Å². The van der Waals surface area contributed by atoms with Crippen LogP contribution in [0.25, 0.3) is 10.2 Å². The van der Waals surface area contributed by atoms with Gasteiger partial charge in [0, 0.05) is 22.9 Å². The average Bonchev–Trinajstić information content (AvgIpc) is 2.66. The highest BCUT2D eigenvalue weighted by Gasteiger charge is 2.25. The van der Waals surface area contributed by atoms with E-state index in [9.17, 15) is 0 Å². The Balaban J connectivity index is 2.10. The van der Waals surface area contributed by atoms with Crippen molar-refractivity contribution in [3.63, 3.8) is 0 Å². The van der Waals surface area contributed by atoms with Crippen LogP contribution in [0.1, 0.15) is 22.3 Å². The highest BCUT2D eigenvalue weighted by molar-refractivity contribution is 7.99. The number of thiophene rings is 1. The van der Waals surface area contributed by atoms with Crippen LogP contribution in [0.2, 0.25) is 0 Å². The summed E-state index contributed by atoms with van der Waals surface area (Å²) >= 11 is 3.68. The van der Waals surface area contributed by atoms with Crippen molar-refractivity contribution in [1.82, 2.24) is 14.9 Å². The first-order chi connectivity index (χ1) is 9.08. The molecule has 0 aliphatic carbocycles. The molecule has 1 saturated heterocycles. The molecule has 0 spiro atoms. The lowest BCUT2D eigenvalue weighted by atomic mass is 10.2. The summed E-state index contributed by atoms with van der Waals surface area (Å²) < 4.78 is 0. The lowest BCUT2D eigenvalue weighted by Gasteiger charge is -2.30. The monoisotopic (exact) mass is 294 g/mol. The fourth-order valence-electron chi connectivity index (χ4n) is 2.41. The lowest BCUT2D eigenvalue weighted by molar-refractivity contribution is 0.265. The van der Waals surface area contributed by atoms with E-state index in [-0.39, 0.29) is 6.04 Å². The van der Waals surface area contributed by atoms with Gasteiger partial charge in [-0.1, -0.05) is 0 Å². The molecule has 0 amide bonds. The molecular weight excluding hydrogens is 276 g/mol. The molecule has 6 heteroatoms. The molecule has 0 saturated carbocycles. The maximum Gasteiger partial charge on any atom is 0.150 e. The smallest absolute Gasteiger partial charge is 0.150 e. The molecule has 19 heavy (non-hydrogen) atoms. The lowest BCUT2D eigenvalue weighted by Crippen LogP contribution is -2.33. The number of aromatic nitrogens is 2. The number of nitrogens with two attached hydrogens (primary N) is 1.